The highest BCUT2D eigenvalue weighted by Crippen LogP contribution is 2.24. The summed E-state index contributed by atoms with van der Waals surface area (Å²) in [4.78, 5) is 10.6. The molecule has 0 radical (unpaired) electrons. The van der Waals surface area contributed by atoms with E-state index >= 15 is 0 Å². The first-order valence-corrected chi connectivity index (χ1v) is 8.08. The molecule has 0 bridgehead atoms. The van der Waals surface area contributed by atoms with Crippen molar-refractivity contribution in [3.05, 3.63) is 28.8 Å². The summed E-state index contributed by atoms with van der Waals surface area (Å²) in [6.45, 7) is 3.66. The molecule has 0 atom stereocenters. The zero-order valence-corrected chi connectivity index (χ0v) is 13.3. The summed E-state index contributed by atoms with van der Waals surface area (Å²) in [6.07, 6.45) is 0.429. The van der Waals surface area contributed by atoms with Crippen LogP contribution in [0.5, 0.6) is 0 Å². The normalized spacial score (nSPS) is 12.4. The molecular weight excluding hydrogens is 318 g/mol. The van der Waals surface area contributed by atoms with Crippen molar-refractivity contribution in [2.75, 3.05) is 13.2 Å². The van der Waals surface area contributed by atoms with E-state index in [-0.39, 0.29) is 28.6 Å². The Morgan fingerprint density at radius 1 is 1.38 bits per heavy atom. The number of aromatic carboxylic acids is 1. The van der Waals surface area contributed by atoms with Gasteiger partial charge in [-0.3, -0.25) is 0 Å². The Balaban J connectivity index is 3.03. The number of benzene rings is 1. The topological polar surface area (TPSA) is 104 Å². The fourth-order valence-electron chi connectivity index (χ4n) is 1.60. The number of aliphatic hydroxyl groups excluding tert-OH is 1. The molecule has 0 saturated carbocycles. The number of rotatable bonds is 7. The molecule has 0 aliphatic rings. The summed E-state index contributed by atoms with van der Waals surface area (Å²) >= 11 is 5.84. The molecule has 1 aromatic rings. The predicted molar refractivity (Wildman–Crippen MR) is 79.1 cm³/mol. The van der Waals surface area contributed by atoms with E-state index in [1.165, 1.54) is 12.1 Å². The minimum Gasteiger partial charge on any atom is -0.478 e. The number of nitrogens with one attached hydrogen (secondary N) is 1. The van der Waals surface area contributed by atoms with Gasteiger partial charge in [0.25, 0.3) is 0 Å². The van der Waals surface area contributed by atoms with Gasteiger partial charge in [-0.25, -0.2) is 17.9 Å². The largest absolute Gasteiger partial charge is 0.478 e. The number of hydrogen-bond donors (Lipinski definition) is 3. The maximum absolute atomic E-state index is 12.2. The Morgan fingerprint density at radius 2 is 2.00 bits per heavy atom. The van der Waals surface area contributed by atoms with E-state index in [0.717, 1.165) is 6.07 Å². The van der Waals surface area contributed by atoms with Crippen LogP contribution in [-0.4, -0.2) is 37.8 Å². The third-order valence-corrected chi connectivity index (χ3v) is 4.88. The Labute approximate surface area is 128 Å². The first-order valence-electron chi connectivity index (χ1n) is 6.22. The molecule has 1 rings (SSSR count). The molecule has 8 heteroatoms. The third-order valence-electron chi connectivity index (χ3n) is 3.00. The molecule has 21 heavy (non-hydrogen) atoms. The van der Waals surface area contributed by atoms with E-state index in [1.54, 1.807) is 13.8 Å². The summed E-state index contributed by atoms with van der Waals surface area (Å²) in [5.41, 5.74) is -0.590. The third kappa shape index (κ3) is 4.96. The second kappa shape index (κ2) is 6.74. The number of halogens is 1. The summed E-state index contributed by atoms with van der Waals surface area (Å²) < 4.78 is 26.8. The van der Waals surface area contributed by atoms with Crippen molar-refractivity contribution in [3.63, 3.8) is 0 Å². The summed E-state index contributed by atoms with van der Waals surface area (Å²) in [5.74, 6) is -1.23. The van der Waals surface area contributed by atoms with Gasteiger partial charge in [0.05, 0.1) is 10.6 Å². The van der Waals surface area contributed by atoms with Crippen LogP contribution in [0.15, 0.2) is 23.1 Å². The maximum Gasteiger partial charge on any atom is 0.335 e. The van der Waals surface area contributed by atoms with Gasteiger partial charge in [-0.2, -0.15) is 0 Å². The second-order valence-electron chi connectivity index (χ2n) is 5.41. The van der Waals surface area contributed by atoms with Crippen molar-refractivity contribution in [2.24, 2.45) is 5.41 Å². The molecule has 118 valence electrons. The Bertz CT molecular complexity index is 627. The van der Waals surface area contributed by atoms with Crippen LogP contribution < -0.4 is 4.72 Å². The van der Waals surface area contributed by atoms with Gasteiger partial charge in [-0.15, -0.1) is 0 Å². The molecule has 6 nitrogen and oxygen atoms in total. The first kappa shape index (κ1) is 17.9. The number of aliphatic hydroxyl groups is 1. The van der Waals surface area contributed by atoms with Gasteiger partial charge in [0.15, 0.2) is 0 Å². The van der Waals surface area contributed by atoms with E-state index in [0.29, 0.717) is 6.42 Å². The molecule has 0 heterocycles. The van der Waals surface area contributed by atoms with Gasteiger partial charge in [0.2, 0.25) is 10.0 Å². The van der Waals surface area contributed by atoms with Gasteiger partial charge in [-0.05, 0) is 30.0 Å². The van der Waals surface area contributed by atoms with Crippen LogP contribution in [0.1, 0.15) is 30.6 Å². The smallest absolute Gasteiger partial charge is 0.335 e. The van der Waals surface area contributed by atoms with Gasteiger partial charge < -0.3 is 10.2 Å². The van der Waals surface area contributed by atoms with Crippen molar-refractivity contribution < 1.29 is 23.4 Å². The predicted octanol–water partition coefficient (Wildman–Crippen LogP) is 1.73. The molecule has 0 spiro atoms. The monoisotopic (exact) mass is 335 g/mol. The highest BCUT2D eigenvalue weighted by Gasteiger charge is 2.24. The number of sulfonamides is 1. The van der Waals surface area contributed by atoms with Crippen LogP contribution in [-0.2, 0) is 10.0 Å². The van der Waals surface area contributed by atoms with Crippen LogP contribution >= 0.6 is 11.6 Å². The fraction of sp³-hybridized carbons (Fsp3) is 0.462. The molecule has 0 amide bonds. The van der Waals surface area contributed by atoms with Gasteiger partial charge in [0.1, 0.15) is 4.90 Å². The standard InChI is InChI=1S/C13H18ClNO5S/c1-13(2,5-6-16)8-15-21(19,20)11-7-9(12(17)18)3-4-10(11)14/h3-4,7,15-16H,5-6,8H2,1-2H3,(H,17,18). The fourth-order valence-corrected chi connectivity index (χ4v) is 3.37. The highest BCUT2D eigenvalue weighted by molar-refractivity contribution is 7.89. The number of carboxylic acids is 1. The van der Waals surface area contributed by atoms with Gasteiger partial charge in [-0.1, -0.05) is 25.4 Å². The van der Waals surface area contributed by atoms with Crippen molar-refractivity contribution >= 4 is 27.6 Å². The number of hydrogen-bond acceptors (Lipinski definition) is 4. The van der Waals surface area contributed by atoms with Crippen LogP contribution in [0, 0.1) is 5.41 Å². The van der Waals surface area contributed by atoms with Crippen LogP contribution in [0.3, 0.4) is 0 Å². The molecule has 0 saturated heterocycles. The zero-order valence-electron chi connectivity index (χ0n) is 11.8. The second-order valence-corrected chi connectivity index (χ2v) is 7.56. The quantitative estimate of drug-likeness (QED) is 0.704. The lowest BCUT2D eigenvalue weighted by atomic mass is 9.90. The molecule has 0 aliphatic heterocycles. The number of carboxylic acid groups (broad SMARTS) is 1. The Morgan fingerprint density at radius 3 is 2.52 bits per heavy atom. The maximum atomic E-state index is 12.2. The first-order chi connectivity index (χ1) is 9.59. The summed E-state index contributed by atoms with van der Waals surface area (Å²) in [6, 6.07) is 3.49. The van der Waals surface area contributed by atoms with Crippen LogP contribution in [0.25, 0.3) is 0 Å². The van der Waals surface area contributed by atoms with E-state index in [2.05, 4.69) is 4.72 Å². The molecule has 1 aromatic carbocycles. The van der Waals surface area contributed by atoms with Crippen LogP contribution in [0.2, 0.25) is 5.02 Å². The van der Waals surface area contributed by atoms with E-state index < -0.39 is 21.4 Å². The van der Waals surface area contributed by atoms with Gasteiger partial charge >= 0.3 is 5.97 Å². The average molecular weight is 336 g/mol. The summed E-state index contributed by atoms with van der Waals surface area (Å²) in [5, 5.41) is 17.8. The molecule has 0 aliphatic carbocycles. The molecule has 0 aromatic heterocycles. The van der Waals surface area contributed by atoms with Crippen LogP contribution in [0.4, 0.5) is 0 Å². The lowest BCUT2D eigenvalue weighted by molar-refractivity contribution is 0.0696. The van der Waals surface area contributed by atoms with Crippen molar-refractivity contribution in [2.45, 2.75) is 25.2 Å². The minimum atomic E-state index is -3.93. The minimum absolute atomic E-state index is 0.0486. The van der Waals surface area contributed by atoms with E-state index in [9.17, 15) is 13.2 Å². The van der Waals surface area contributed by atoms with Crippen molar-refractivity contribution in [1.29, 1.82) is 0 Å². The SMILES string of the molecule is CC(C)(CCO)CNS(=O)(=O)c1cc(C(=O)O)ccc1Cl. The Hall–Kier alpha value is -1.15. The van der Waals surface area contributed by atoms with Crippen molar-refractivity contribution in [1.82, 2.24) is 4.72 Å². The summed E-state index contributed by atoms with van der Waals surface area (Å²) in [7, 11) is -3.93. The average Bonchev–Trinajstić information content (AvgIpc) is 2.36. The van der Waals surface area contributed by atoms with Gasteiger partial charge in [0, 0.05) is 13.2 Å². The number of carbonyl (C=O) groups is 1. The molecule has 0 fully saturated rings. The molecular formula is C13H18ClNO5S. The molecule has 0 unspecified atom stereocenters. The van der Waals surface area contributed by atoms with E-state index in [1.807, 2.05) is 0 Å². The van der Waals surface area contributed by atoms with E-state index in [4.69, 9.17) is 21.8 Å². The lowest BCUT2D eigenvalue weighted by Gasteiger charge is -2.23. The van der Waals surface area contributed by atoms with Crippen molar-refractivity contribution in [3.8, 4) is 0 Å². The lowest BCUT2D eigenvalue weighted by Crippen LogP contribution is -2.34. The highest BCUT2D eigenvalue weighted by atomic mass is 35.5. The molecule has 3 N–H and O–H groups in total. The Kier molecular flexibility index (Phi) is 5.75. The zero-order chi connectivity index (χ0) is 16.3.